The smallest absolute Gasteiger partial charge is 0.348 e. The average molecular weight is 452 g/mol. The van der Waals surface area contributed by atoms with Gasteiger partial charge in [0.25, 0.3) is 0 Å². The van der Waals surface area contributed by atoms with Crippen LogP contribution >= 0.6 is 54.8 Å². The van der Waals surface area contributed by atoms with Crippen LogP contribution in [0.2, 0.25) is 5.02 Å². The molecule has 0 fully saturated rings. The van der Waals surface area contributed by atoms with Crippen molar-refractivity contribution < 1.29 is 5.11 Å². The number of phenols is 1. The van der Waals surface area contributed by atoms with Crippen LogP contribution in [0.25, 0.3) is 16.4 Å². The van der Waals surface area contributed by atoms with Crippen molar-refractivity contribution in [2.75, 3.05) is 0 Å². The molecule has 0 aliphatic carbocycles. The number of aromatic nitrogens is 3. The molecule has 0 radical (unpaired) electrons. The molecule has 21 heavy (non-hydrogen) atoms. The number of nitrogens with zero attached hydrogens (tertiary/aromatic N) is 2. The standard InChI is InChI=1S/C12H6Br2ClN3O2S/c13-6-3-5(15)4-7(10(6)19)18-12(20)16-11(17-18)8-1-2-9(14)21-8/h1-4,19H,(H,16,17,20). The zero-order valence-corrected chi connectivity index (χ0v) is 14.8. The summed E-state index contributed by atoms with van der Waals surface area (Å²) in [6, 6.07) is 6.71. The maximum absolute atomic E-state index is 12.1. The van der Waals surface area contributed by atoms with Gasteiger partial charge in [-0.3, -0.25) is 4.98 Å². The second-order valence-corrected chi connectivity index (χ2v) is 7.80. The van der Waals surface area contributed by atoms with Crippen molar-refractivity contribution in [3.63, 3.8) is 0 Å². The van der Waals surface area contributed by atoms with Crippen LogP contribution in [-0.2, 0) is 0 Å². The highest BCUT2D eigenvalue weighted by molar-refractivity contribution is 9.11. The first-order valence-corrected chi connectivity index (χ1v) is 8.37. The molecule has 0 atom stereocenters. The van der Waals surface area contributed by atoms with E-state index in [1.165, 1.54) is 23.5 Å². The van der Waals surface area contributed by atoms with Gasteiger partial charge < -0.3 is 5.11 Å². The third kappa shape index (κ3) is 2.80. The molecule has 0 aliphatic heterocycles. The molecule has 1 aromatic carbocycles. The minimum atomic E-state index is -0.459. The van der Waals surface area contributed by atoms with Crippen molar-refractivity contribution in [1.29, 1.82) is 0 Å². The molecule has 2 heterocycles. The molecule has 0 unspecified atom stereocenters. The number of aromatic hydroxyl groups is 1. The van der Waals surface area contributed by atoms with Gasteiger partial charge in [-0.2, -0.15) is 4.68 Å². The van der Waals surface area contributed by atoms with E-state index >= 15 is 0 Å². The van der Waals surface area contributed by atoms with E-state index in [1.807, 2.05) is 12.1 Å². The molecular formula is C12H6Br2ClN3O2S. The molecule has 9 heteroatoms. The van der Waals surface area contributed by atoms with Gasteiger partial charge in [0.05, 0.1) is 13.1 Å². The van der Waals surface area contributed by atoms with Gasteiger partial charge in [-0.05, 0) is 56.1 Å². The van der Waals surface area contributed by atoms with E-state index in [4.69, 9.17) is 11.6 Å². The van der Waals surface area contributed by atoms with Gasteiger partial charge in [0.15, 0.2) is 11.6 Å². The zero-order chi connectivity index (χ0) is 15.1. The number of thiophene rings is 1. The molecule has 5 nitrogen and oxygen atoms in total. The lowest BCUT2D eigenvalue weighted by Crippen LogP contribution is -2.16. The molecule has 0 bridgehead atoms. The van der Waals surface area contributed by atoms with E-state index in [2.05, 4.69) is 41.9 Å². The lowest BCUT2D eigenvalue weighted by Gasteiger charge is -2.05. The summed E-state index contributed by atoms with van der Waals surface area (Å²) in [6.45, 7) is 0. The molecular weight excluding hydrogens is 445 g/mol. The van der Waals surface area contributed by atoms with Gasteiger partial charge in [0.1, 0.15) is 5.69 Å². The van der Waals surface area contributed by atoms with Crippen molar-refractivity contribution >= 4 is 54.8 Å². The second-order valence-electron chi connectivity index (χ2n) is 4.05. The Bertz CT molecular complexity index is 887. The number of hydrogen-bond donors (Lipinski definition) is 2. The Balaban J connectivity index is 2.17. The van der Waals surface area contributed by atoms with Crippen molar-refractivity contribution in [3.05, 3.63) is 48.0 Å². The number of nitrogens with one attached hydrogen (secondary N) is 1. The van der Waals surface area contributed by atoms with Gasteiger partial charge in [-0.15, -0.1) is 16.4 Å². The Morgan fingerprint density at radius 3 is 2.76 bits per heavy atom. The molecule has 2 aromatic heterocycles. The number of halogens is 3. The molecule has 0 amide bonds. The summed E-state index contributed by atoms with van der Waals surface area (Å²) in [5, 5.41) is 14.6. The molecule has 108 valence electrons. The summed E-state index contributed by atoms with van der Waals surface area (Å²) < 4.78 is 2.40. The maximum Gasteiger partial charge on any atom is 0.348 e. The predicted octanol–water partition coefficient (Wildman–Crippen LogP) is 4.17. The van der Waals surface area contributed by atoms with E-state index in [9.17, 15) is 9.90 Å². The normalized spacial score (nSPS) is 11.0. The monoisotopic (exact) mass is 449 g/mol. The SMILES string of the molecule is O=c1[nH]c(-c2ccc(Br)s2)nn1-c1cc(Cl)cc(Br)c1O. The van der Waals surface area contributed by atoms with Gasteiger partial charge in [-0.1, -0.05) is 11.6 Å². The Kier molecular flexibility index (Phi) is 3.96. The number of aromatic amines is 1. The fourth-order valence-electron chi connectivity index (χ4n) is 1.75. The average Bonchev–Trinajstić information content (AvgIpc) is 3.00. The summed E-state index contributed by atoms with van der Waals surface area (Å²) in [6.07, 6.45) is 0. The highest BCUT2D eigenvalue weighted by atomic mass is 79.9. The molecule has 0 aliphatic rings. The Morgan fingerprint density at radius 1 is 1.33 bits per heavy atom. The van der Waals surface area contributed by atoms with E-state index in [0.717, 1.165) is 13.3 Å². The van der Waals surface area contributed by atoms with E-state index in [-0.39, 0.29) is 11.4 Å². The van der Waals surface area contributed by atoms with Crippen LogP contribution in [0.4, 0.5) is 0 Å². The number of rotatable bonds is 2. The van der Waals surface area contributed by atoms with Crippen LogP contribution in [0.3, 0.4) is 0 Å². The molecule has 3 rings (SSSR count). The first kappa shape index (κ1) is 14.8. The Morgan fingerprint density at radius 2 is 2.10 bits per heavy atom. The highest BCUT2D eigenvalue weighted by Gasteiger charge is 2.16. The summed E-state index contributed by atoms with van der Waals surface area (Å²) >= 11 is 13.9. The quantitative estimate of drug-likeness (QED) is 0.614. The minimum absolute atomic E-state index is 0.105. The zero-order valence-electron chi connectivity index (χ0n) is 10.1. The van der Waals surface area contributed by atoms with Gasteiger partial charge in [0, 0.05) is 5.02 Å². The summed E-state index contributed by atoms with van der Waals surface area (Å²) in [7, 11) is 0. The van der Waals surface area contributed by atoms with Gasteiger partial charge in [-0.25, -0.2) is 4.79 Å². The van der Waals surface area contributed by atoms with E-state index in [1.54, 1.807) is 0 Å². The number of benzene rings is 1. The summed E-state index contributed by atoms with van der Waals surface area (Å²) in [4.78, 5) is 15.5. The molecule has 2 N–H and O–H groups in total. The number of phenolic OH excluding ortho intramolecular Hbond substituents is 1. The molecule has 0 saturated heterocycles. The number of hydrogen-bond acceptors (Lipinski definition) is 4. The van der Waals surface area contributed by atoms with Gasteiger partial charge >= 0.3 is 5.69 Å². The molecule has 3 aromatic rings. The van der Waals surface area contributed by atoms with Crippen molar-refractivity contribution in [3.8, 4) is 22.1 Å². The highest BCUT2D eigenvalue weighted by Crippen LogP contribution is 2.34. The van der Waals surface area contributed by atoms with Crippen molar-refractivity contribution in [2.45, 2.75) is 0 Å². The predicted molar refractivity (Wildman–Crippen MR) is 89.6 cm³/mol. The third-order valence-corrected chi connectivity index (χ3v) is 5.11. The number of H-pyrrole nitrogens is 1. The van der Waals surface area contributed by atoms with Crippen LogP contribution in [0.1, 0.15) is 0 Å². The topological polar surface area (TPSA) is 70.9 Å². The Labute approximate surface area is 144 Å². The lowest BCUT2D eigenvalue weighted by atomic mass is 10.3. The maximum atomic E-state index is 12.1. The van der Waals surface area contributed by atoms with E-state index < -0.39 is 5.69 Å². The summed E-state index contributed by atoms with van der Waals surface area (Å²) in [5.74, 6) is 0.318. The van der Waals surface area contributed by atoms with Crippen LogP contribution in [0.15, 0.2) is 37.3 Å². The van der Waals surface area contributed by atoms with E-state index in [0.29, 0.717) is 15.3 Å². The van der Waals surface area contributed by atoms with Crippen molar-refractivity contribution in [1.82, 2.24) is 14.8 Å². The van der Waals surface area contributed by atoms with Crippen LogP contribution in [-0.4, -0.2) is 19.9 Å². The first-order chi connectivity index (χ1) is 9.95. The lowest BCUT2D eigenvalue weighted by molar-refractivity contribution is 0.466. The van der Waals surface area contributed by atoms with Crippen LogP contribution < -0.4 is 5.69 Å². The molecule has 0 saturated carbocycles. The first-order valence-electron chi connectivity index (χ1n) is 5.59. The Hall–Kier alpha value is -1.09. The van der Waals surface area contributed by atoms with Crippen LogP contribution in [0, 0.1) is 0 Å². The van der Waals surface area contributed by atoms with Crippen LogP contribution in [0.5, 0.6) is 5.75 Å². The summed E-state index contributed by atoms with van der Waals surface area (Å²) in [5.41, 5.74) is -0.253. The second kappa shape index (κ2) is 5.60. The minimum Gasteiger partial charge on any atom is -0.505 e. The van der Waals surface area contributed by atoms with Gasteiger partial charge in [0.2, 0.25) is 0 Å². The largest absolute Gasteiger partial charge is 0.505 e. The third-order valence-electron chi connectivity index (χ3n) is 2.66. The fourth-order valence-corrected chi connectivity index (χ4v) is 3.87. The van der Waals surface area contributed by atoms with Crippen molar-refractivity contribution in [2.24, 2.45) is 0 Å². The molecule has 0 spiro atoms. The fraction of sp³-hybridized carbons (Fsp3) is 0.